The molecular weight excluding hydrogens is 703 g/mol. The van der Waals surface area contributed by atoms with Crippen LogP contribution in [0.15, 0.2) is 101 Å². The van der Waals surface area contributed by atoms with Crippen LogP contribution in [0.5, 0.6) is 5.75 Å². The number of aryl methyl sites for hydroxylation is 1. The standard InChI is InChI=1S/C34H37N5O5S.C2HF3O2/c1-44-30-14-12-28-13-15-31(21-29(28)20-30)45(42,43)39(24-33(40)36-17-6-11-25-7-3-2-4-8-25)32-16-18-38(34(32)41)23-27-10-5-9-26(19-27)22-37-35;3-2(4,5)1(6)7/h2-5,7-10,12-15,19-22,32H,6,11,16-18,23-24,35H2,1H3,(H,36,40);(H,6,7)/t32-;/m0./s1. The molecular formula is C36H38F3N5O7S. The van der Waals surface area contributed by atoms with Gasteiger partial charge in [-0.3, -0.25) is 9.59 Å². The van der Waals surface area contributed by atoms with E-state index in [9.17, 15) is 31.2 Å². The number of fused-ring (bicyclic) bond motifs is 1. The number of halogens is 3. The maximum atomic E-state index is 14.2. The Morgan fingerprint density at radius 1 is 1.02 bits per heavy atom. The lowest BCUT2D eigenvalue weighted by molar-refractivity contribution is -0.192. The van der Waals surface area contributed by atoms with E-state index in [4.69, 9.17) is 20.5 Å². The molecule has 1 heterocycles. The van der Waals surface area contributed by atoms with Crippen LogP contribution in [0.3, 0.4) is 0 Å². The van der Waals surface area contributed by atoms with Crippen molar-refractivity contribution in [2.45, 2.75) is 42.9 Å². The number of aliphatic carboxylic acids is 1. The first-order valence-corrected chi connectivity index (χ1v) is 17.5. The summed E-state index contributed by atoms with van der Waals surface area (Å²) in [7, 11) is -2.71. The van der Waals surface area contributed by atoms with Gasteiger partial charge in [-0.2, -0.15) is 22.6 Å². The van der Waals surface area contributed by atoms with E-state index in [1.165, 1.54) is 12.3 Å². The fraction of sp³-hybridized carbons (Fsp3) is 0.278. The molecule has 4 aromatic rings. The van der Waals surface area contributed by atoms with E-state index in [0.29, 0.717) is 30.6 Å². The lowest BCUT2D eigenvalue weighted by Crippen LogP contribution is -2.49. The van der Waals surface area contributed by atoms with E-state index >= 15 is 0 Å². The first kappa shape index (κ1) is 39.3. The highest BCUT2D eigenvalue weighted by molar-refractivity contribution is 7.89. The average molecular weight is 742 g/mol. The van der Waals surface area contributed by atoms with Crippen LogP contribution in [0.1, 0.15) is 29.5 Å². The van der Waals surface area contributed by atoms with Gasteiger partial charge in [0.2, 0.25) is 21.8 Å². The Hall–Kier alpha value is -5.48. The number of hydrogen-bond acceptors (Lipinski definition) is 8. The number of ether oxygens (including phenoxy) is 1. The van der Waals surface area contributed by atoms with E-state index < -0.39 is 40.7 Å². The molecule has 0 saturated carbocycles. The third-order valence-electron chi connectivity index (χ3n) is 8.14. The van der Waals surface area contributed by atoms with Crippen LogP contribution in [0, 0.1) is 0 Å². The zero-order valence-corrected chi connectivity index (χ0v) is 28.9. The van der Waals surface area contributed by atoms with Gasteiger partial charge in [-0.1, -0.05) is 60.7 Å². The monoisotopic (exact) mass is 741 g/mol. The molecule has 4 N–H and O–H groups in total. The van der Waals surface area contributed by atoms with Crippen molar-refractivity contribution in [3.8, 4) is 5.75 Å². The number of carbonyl (C=O) groups is 3. The van der Waals surface area contributed by atoms with Gasteiger partial charge in [-0.15, -0.1) is 0 Å². The van der Waals surface area contributed by atoms with Crippen molar-refractivity contribution in [3.05, 3.63) is 108 Å². The summed E-state index contributed by atoms with van der Waals surface area (Å²) < 4.78 is 66.5. The molecule has 0 aromatic heterocycles. The molecule has 52 heavy (non-hydrogen) atoms. The smallest absolute Gasteiger partial charge is 0.490 e. The van der Waals surface area contributed by atoms with E-state index in [1.54, 1.807) is 36.3 Å². The molecule has 1 saturated heterocycles. The number of likely N-dealkylation sites (tertiary alicyclic amines) is 1. The predicted molar refractivity (Wildman–Crippen MR) is 188 cm³/mol. The number of rotatable bonds is 13. The molecule has 1 atom stereocenters. The molecule has 4 aromatic carbocycles. The van der Waals surface area contributed by atoms with Gasteiger partial charge in [0, 0.05) is 19.6 Å². The van der Waals surface area contributed by atoms with E-state index in [-0.39, 0.29) is 23.8 Å². The van der Waals surface area contributed by atoms with Crippen molar-refractivity contribution >= 4 is 44.8 Å². The Morgan fingerprint density at radius 3 is 2.38 bits per heavy atom. The van der Waals surface area contributed by atoms with Crippen molar-refractivity contribution in [2.24, 2.45) is 10.9 Å². The minimum Gasteiger partial charge on any atom is -0.497 e. The molecule has 16 heteroatoms. The van der Waals surface area contributed by atoms with E-state index in [1.807, 2.05) is 60.7 Å². The number of alkyl halides is 3. The molecule has 0 spiro atoms. The van der Waals surface area contributed by atoms with Crippen molar-refractivity contribution in [3.63, 3.8) is 0 Å². The number of carboxylic acids is 1. The molecule has 276 valence electrons. The number of sulfonamides is 1. The zero-order chi connectivity index (χ0) is 37.9. The second-order valence-corrected chi connectivity index (χ2v) is 13.6. The summed E-state index contributed by atoms with van der Waals surface area (Å²) in [5.74, 6) is 2.31. The number of carboxylic acid groups (broad SMARTS) is 1. The van der Waals surface area contributed by atoms with Crippen LogP contribution < -0.4 is 15.9 Å². The number of nitrogens with two attached hydrogens (primary N) is 1. The summed E-state index contributed by atoms with van der Waals surface area (Å²) in [6.45, 7) is 0.538. The molecule has 0 bridgehead atoms. The SMILES string of the molecule is COc1ccc2ccc(S(=O)(=O)N(CC(=O)NCCCc3ccccc3)[C@H]3CCN(Cc4cccc(C=NN)c4)C3=O)cc2c1.O=C(O)C(F)(F)F. The third-order valence-corrected chi connectivity index (χ3v) is 9.99. The van der Waals surface area contributed by atoms with Crippen molar-refractivity contribution in [2.75, 3.05) is 26.7 Å². The Kier molecular flexibility index (Phi) is 13.3. The third kappa shape index (κ3) is 10.5. The minimum atomic E-state index is -5.08. The van der Waals surface area contributed by atoms with Crippen LogP contribution in [0.25, 0.3) is 10.8 Å². The van der Waals surface area contributed by atoms with E-state index in [2.05, 4.69) is 10.4 Å². The molecule has 0 unspecified atom stereocenters. The van der Waals surface area contributed by atoms with Gasteiger partial charge >= 0.3 is 12.1 Å². The van der Waals surface area contributed by atoms with Crippen molar-refractivity contribution < 1.29 is 45.8 Å². The molecule has 0 aliphatic carbocycles. The highest BCUT2D eigenvalue weighted by atomic mass is 32.2. The summed E-state index contributed by atoms with van der Waals surface area (Å²) in [5, 5.41) is 15.0. The summed E-state index contributed by atoms with van der Waals surface area (Å²) in [6.07, 6.45) is -1.84. The van der Waals surface area contributed by atoms with Crippen LogP contribution in [0.4, 0.5) is 13.2 Å². The second-order valence-electron chi connectivity index (χ2n) is 11.8. The normalized spacial score (nSPS) is 14.8. The van der Waals surface area contributed by atoms with Crippen LogP contribution in [-0.4, -0.2) is 85.7 Å². The Labute approximate surface area is 298 Å². The number of hydrogen-bond donors (Lipinski definition) is 3. The molecule has 1 fully saturated rings. The average Bonchev–Trinajstić information content (AvgIpc) is 3.47. The van der Waals surface area contributed by atoms with Gasteiger partial charge in [0.1, 0.15) is 11.8 Å². The Morgan fingerprint density at radius 2 is 1.71 bits per heavy atom. The highest BCUT2D eigenvalue weighted by Crippen LogP contribution is 2.29. The predicted octanol–water partition coefficient (Wildman–Crippen LogP) is 4.32. The first-order valence-electron chi connectivity index (χ1n) is 16.0. The fourth-order valence-corrected chi connectivity index (χ4v) is 7.18. The number of methoxy groups -OCH3 is 1. The van der Waals surface area contributed by atoms with Crippen molar-refractivity contribution in [1.29, 1.82) is 0 Å². The first-order chi connectivity index (χ1) is 24.7. The summed E-state index contributed by atoms with van der Waals surface area (Å²) in [4.78, 5) is 37.5. The number of hydrazone groups is 1. The van der Waals surface area contributed by atoms with Crippen LogP contribution in [0.2, 0.25) is 0 Å². The lowest BCUT2D eigenvalue weighted by atomic mass is 10.1. The maximum Gasteiger partial charge on any atom is 0.490 e. The van der Waals surface area contributed by atoms with E-state index in [0.717, 1.165) is 32.8 Å². The molecule has 0 radical (unpaired) electrons. The number of carbonyl (C=O) groups excluding carboxylic acids is 2. The quantitative estimate of drug-likeness (QED) is 0.0788. The molecule has 2 amide bonds. The molecule has 1 aliphatic rings. The summed E-state index contributed by atoms with van der Waals surface area (Å²) >= 11 is 0. The lowest BCUT2D eigenvalue weighted by Gasteiger charge is -2.27. The molecule has 12 nitrogen and oxygen atoms in total. The van der Waals surface area contributed by atoms with Gasteiger partial charge in [0.15, 0.2) is 0 Å². The maximum absolute atomic E-state index is 14.2. The van der Waals surface area contributed by atoms with Crippen LogP contribution in [-0.2, 0) is 37.4 Å². The topological polar surface area (TPSA) is 172 Å². The highest BCUT2D eigenvalue weighted by Gasteiger charge is 2.43. The minimum absolute atomic E-state index is 0.000142. The second kappa shape index (κ2) is 17.6. The Bertz CT molecular complexity index is 2010. The zero-order valence-electron chi connectivity index (χ0n) is 28.1. The molecule has 1 aliphatic heterocycles. The molecule has 5 rings (SSSR count). The number of benzene rings is 4. The van der Waals surface area contributed by atoms with Gasteiger partial charge < -0.3 is 25.9 Å². The van der Waals surface area contributed by atoms with Crippen molar-refractivity contribution in [1.82, 2.24) is 14.5 Å². The fourth-order valence-electron chi connectivity index (χ4n) is 5.58. The number of nitrogens with one attached hydrogen (secondary N) is 1. The van der Waals surface area contributed by atoms with Crippen LogP contribution >= 0.6 is 0 Å². The number of nitrogens with zero attached hydrogens (tertiary/aromatic N) is 3. The van der Waals surface area contributed by atoms with Gasteiger partial charge in [0.25, 0.3) is 0 Å². The van der Waals surface area contributed by atoms with Gasteiger partial charge in [0.05, 0.1) is 24.8 Å². The Balaban J connectivity index is 0.000000785. The van der Waals surface area contributed by atoms with Gasteiger partial charge in [-0.25, -0.2) is 13.2 Å². The summed E-state index contributed by atoms with van der Waals surface area (Å²) in [5.41, 5.74) is 2.80. The largest absolute Gasteiger partial charge is 0.497 e. The number of amides is 2. The van der Waals surface area contributed by atoms with Gasteiger partial charge in [-0.05, 0) is 77.1 Å². The summed E-state index contributed by atoms with van der Waals surface area (Å²) in [6, 6.07) is 26.5.